The molecule has 10 nitrogen and oxygen atoms in total. The van der Waals surface area contributed by atoms with Gasteiger partial charge in [0, 0.05) is 69.9 Å². The van der Waals surface area contributed by atoms with Gasteiger partial charge in [-0.1, -0.05) is 20.8 Å². The lowest BCUT2D eigenvalue weighted by Gasteiger charge is -2.62. The largest absolute Gasteiger partial charge is 0.456 e. The number of allylic oxidation sites excluding steroid dienone is 1. The van der Waals surface area contributed by atoms with Crippen LogP contribution in [-0.2, 0) is 38.2 Å². The van der Waals surface area contributed by atoms with Gasteiger partial charge in [-0.3, -0.25) is 9.80 Å². The molecule has 13 heteroatoms. The molecule has 0 amide bonds. The van der Waals surface area contributed by atoms with E-state index in [-0.39, 0.29) is 30.2 Å². The van der Waals surface area contributed by atoms with Crippen LogP contribution in [0.15, 0.2) is 11.3 Å². The maximum Gasteiger partial charge on any atom is 0.449 e. The monoisotopic (exact) mass is 726 g/mol. The zero-order chi connectivity index (χ0) is 35.8. The summed E-state index contributed by atoms with van der Waals surface area (Å²) in [6.07, 6.45) is 0.751. The molecule has 2 spiro atoms. The summed E-state index contributed by atoms with van der Waals surface area (Å²) in [4.78, 5) is 16.8. The normalized spacial score (nSPS) is 52.6. The second kappa shape index (κ2) is 12.0. The number of hydrogen-bond donors (Lipinski definition) is 0. The number of nitrogens with zero attached hydrogens (tertiary/aromatic N) is 2. The van der Waals surface area contributed by atoms with Crippen molar-refractivity contribution in [1.29, 1.82) is 0 Å². The van der Waals surface area contributed by atoms with E-state index in [1.165, 1.54) is 0 Å². The first kappa shape index (κ1) is 35.7. The van der Waals surface area contributed by atoms with Crippen LogP contribution in [0.3, 0.4) is 0 Å². The van der Waals surface area contributed by atoms with Gasteiger partial charge in [0.25, 0.3) is 0 Å². The molecule has 51 heavy (non-hydrogen) atoms. The van der Waals surface area contributed by atoms with Crippen LogP contribution in [0.25, 0.3) is 0 Å². The topological polar surface area (TPSA) is 80.3 Å². The molecule has 0 aromatic rings. The summed E-state index contributed by atoms with van der Waals surface area (Å²) in [5.41, 5.74) is -1.16. The maximum atomic E-state index is 14.7. The van der Waals surface area contributed by atoms with Crippen molar-refractivity contribution >= 4 is 0 Å². The molecule has 2 aliphatic carbocycles. The lowest BCUT2D eigenvalue weighted by Crippen LogP contribution is -2.73. The average molecular weight is 727 g/mol. The van der Waals surface area contributed by atoms with E-state index >= 15 is 0 Å². The summed E-state index contributed by atoms with van der Waals surface area (Å²) < 4.78 is 82.6. The van der Waals surface area contributed by atoms with Gasteiger partial charge in [0.2, 0.25) is 17.8 Å². The summed E-state index contributed by atoms with van der Waals surface area (Å²) in [7, 11) is 0. The molecule has 0 unspecified atom stereocenters. The predicted molar refractivity (Wildman–Crippen MR) is 176 cm³/mol. The second-order valence-corrected chi connectivity index (χ2v) is 18.1. The molecule has 0 aromatic heterocycles. The highest BCUT2D eigenvalue weighted by molar-refractivity contribution is 5.30. The van der Waals surface area contributed by atoms with Crippen molar-refractivity contribution in [2.24, 2.45) is 41.4 Å². The van der Waals surface area contributed by atoms with Crippen molar-refractivity contribution < 1.29 is 51.4 Å². The van der Waals surface area contributed by atoms with Gasteiger partial charge in [0.05, 0.1) is 6.61 Å². The summed E-state index contributed by atoms with van der Waals surface area (Å²) in [6, 6.07) is 0. The first-order valence-electron chi connectivity index (χ1n) is 19.8. The highest BCUT2D eigenvalue weighted by Crippen LogP contribution is 2.65. The Morgan fingerprint density at radius 1 is 0.725 bits per heavy atom. The molecule has 2 saturated carbocycles. The number of alkyl halides is 3. The summed E-state index contributed by atoms with van der Waals surface area (Å²) in [5.74, 6) is -2.38. The average Bonchev–Trinajstić information content (AvgIpc) is 3.14. The van der Waals surface area contributed by atoms with Crippen molar-refractivity contribution in [3.63, 3.8) is 0 Å². The van der Waals surface area contributed by atoms with E-state index in [4.69, 9.17) is 38.2 Å². The first-order valence-corrected chi connectivity index (χ1v) is 19.8. The Hall–Kier alpha value is -1.03. The Kier molecular flexibility index (Phi) is 8.38. The molecule has 14 atom stereocenters. The van der Waals surface area contributed by atoms with Gasteiger partial charge < -0.3 is 28.4 Å². The number of piperazine rings is 1. The minimum atomic E-state index is -4.60. The van der Waals surface area contributed by atoms with Crippen LogP contribution < -0.4 is 0 Å². The van der Waals surface area contributed by atoms with E-state index in [2.05, 4.69) is 30.6 Å². The molecule has 0 radical (unpaired) electrons. The Labute approximate surface area is 299 Å². The number of hydrogen-bond acceptors (Lipinski definition) is 10. The molecule has 7 saturated heterocycles. The SMILES string of the molecule is C[C@@H]1CC[C@H]2[C@@H](C)[C@@](C)(OCCN3CCN(CC4=C(C(F)(F)F)O[C@@H]5O[C@@]6(C)CC[C@H]7[C@H](C)CC[C@@H]4[C@@]57O6)CC3)O[C@@H]3O[C@@]4(C)CC[C@@H]1[C@]32OO4. The Morgan fingerprint density at radius 2 is 1.37 bits per heavy atom. The van der Waals surface area contributed by atoms with E-state index in [0.29, 0.717) is 62.4 Å². The van der Waals surface area contributed by atoms with Crippen molar-refractivity contribution in [3.8, 4) is 0 Å². The van der Waals surface area contributed by atoms with E-state index in [0.717, 1.165) is 51.6 Å². The van der Waals surface area contributed by atoms with Crippen LogP contribution in [0, 0.1) is 41.4 Å². The lowest BCUT2D eigenvalue weighted by molar-refractivity contribution is -0.585. The van der Waals surface area contributed by atoms with Crippen LogP contribution in [0.4, 0.5) is 13.2 Å². The van der Waals surface area contributed by atoms with Crippen LogP contribution in [0.1, 0.15) is 92.9 Å². The fraction of sp³-hybridized carbons (Fsp3) is 0.947. The van der Waals surface area contributed by atoms with Gasteiger partial charge in [-0.2, -0.15) is 13.2 Å². The standard InChI is InChI=1S/C38H57F3N2O8/c1-22-8-10-29-25(30(38(39,40)41)45-31-36(29)26(22)11-13-33(4,46-31)49-36)21-43-17-15-42(16-18-43)19-20-44-35(6)24(3)28-9-7-23(2)27-12-14-34(5)47-32(48-35)37(27,28)51-50-34/h22-24,26-29,31-32H,7-21H2,1-6H3/t22-,23-,24-,26+,27+,28+,29+,31-,32+,33-,34-,35+,36-,37-/m1/s1. The van der Waals surface area contributed by atoms with E-state index in [9.17, 15) is 13.2 Å². The fourth-order valence-corrected chi connectivity index (χ4v) is 12.2. The molecule has 10 aliphatic rings. The predicted octanol–water partition coefficient (Wildman–Crippen LogP) is 6.35. The first-order chi connectivity index (χ1) is 24.1. The molecular formula is C38H57F3N2O8. The minimum Gasteiger partial charge on any atom is -0.456 e. The molecule has 0 N–H and O–H groups in total. The third kappa shape index (κ3) is 5.36. The van der Waals surface area contributed by atoms with Crippen molar-refractivity contribution in [3.05, 3.63) is 11.3 Å². The smallest absolute Gasteiger partial charge is 0.449 e. The summed E-state index contributed by atoms with van der Waals surface area (Å²) >= 11 is 0. The lowest BCUT2D eigenvalue weighted by atomic mass is 9.57. The van der Waals surface area contributed by atoms with E-state index < -0.39 is 53.1 Å². The van der Waals surface area contributed by atoms with Crippen LogP contribution in [0.5, 0.6) is 0 Å². The van der Waals surface area contributed by atoms with Gasteiger partial charge in [-0.25, -0.2) is 9.78 Å². The Bertz CT molecular complexity index is 1410. The zero-order valence-corrected chi connectivity index (χ0v) is 31.1. The number of rotatable bonds is 6. The third-order valence-corrected chi connectivity index (χ3v) is 15.1. The Balaban J connectivity index is 0.849. The molecule has 9 fully saturated rings. The summed E-state index contributed by atoms with van der Waals surface area (Å²) in [6.45, 7) is 16.7. The molecular weight excluding hydrogens is 669 g/mol. The highest BCUT2D eigenvalue weighted by Gasteiger charge is 2.73. The molecule has 288 valence electrons. The highest BCUT2D eigenvalue weighted by atomic mass is 19.4. The van der Waals surface area contributed by atoms with Crippen molar-refractivity contribution in [2.75, 3.05) is 45.9 Å². The fourth-order valence-electron chi connectivity index (χ4n) is 12.2. The van der Waals surface area contributed by atoms with Gasteiger partial charge in [0.15, 0.2) is 23.5 Å². The van der Waals surface area contributed by atoms with Crippen LogP contribution in [0.2, 0.25) is 0 Å². The molecule has 8 aliphatic heterocycles. The van der Waals surface area contributed by atoms with E-state index in [1.54, 1.807) is 0 Å². The van der Waals surface area contributed by atoms with Gasteiger partial charge >= 0.3 is 6.18 Å². The third-order valence-electron chi connectivity index (χ3n) is 15.1. The number of halogens is 3. The number of ether oxygens (including phenoxy) is 6. The van der Waals surface area contributed by atoms with E-state index in [1.807, 2.05) is 20.8 Å². The molecule has 4 bridgehead atoms. The van der Waals surface area contributed by atoms with Crippen molar-refractivity contribution in [2.45, 2.75) is 140 Å². The molecule has 8 heterocycles. The van der Waals surface area contributed by atoms with Gasteiger partial charge in [0.1, 0.15) is 5.60 Å². The maximum absolute atomic E-state index is 14.7. The molecule has 10 rings (SSSR count). The van der Waals surface area contributed by atoms with Crippen molar-refractivity contribution in [1.82, 2.24) is 9.80 Å². The van der Waals surface area contributed by atoms with Gasteiger partial charge in [-0.15, -0.1) is 0 Å². The minimum absolute atomic E-state index is 0.0572. The number of fused-ring (bicyclic) bond motifs is 3. The van der Waals surface area contributed by atoms with Crippen LogP contribution >= 0.6 is 0 Å². The second-order valence-electron chi connectivity index (χ2n) is 18.1. The zero-order valence-electron chi connectivity index (χ0n) is 31.1. The quantitative estimate of drug-likeness (QED) is 0.289. The van der Waals surface area contributed by atoms with Gasteiger partial charge in [-0.05, 0) is 88.5 Å². The van der Waals surface area contributed by atoms with Crippen LogP contribution in [-0.4, -0.2) is 103 Å². The Morgan fingerprint density at radius 3 is 2.10 bits per heavy atom. The molecule has 0 aromatic carbocycles. The summed E-state index contributed by atoms with van der Waals surface area (Å²) in [5, 5.41) is 0.